The Kier molecular flexibility index (Phi) is 6.24. The lowest BCUT2D eigenvalue weighted by atomic mass is 10.1. The summed E-state index contributed by atoms with van der Waals surface area (Å²) >= 11 is 1.44. The van der Waals surface area contributed by atoms with Crippen molar-refractivity contribution < 1.29 is 14.0 Å². The summed E-state index contributed by atoms with van der Waals surface area (Å²) in [6, 6.07) is 5.60. The average Bonchev–Trinajstić information content (AvgIpc) is 2.53. The Hall–Kier alpha value is -1.56. The molecular formula is C16H21FN2O2S. The van der Waals surface area contributed by atoms with Gasteiger partial charge in [-0.25, -0.2) is 4.39 Å². The third-order valence-electron chi connectivity index (χ3n) is 3.57. The second-order valence-corrected chi connectivity index (χ2v) is 6.50. The molecule has 1 fully saturated rings. The second kappa shape index (κ2) is 8.17. The number of halogens is 1. The van der Waals surface area contributed by atoms with Gasteiger partial charge in [-0.2, -0.15) is 0 Å². The minimum atomic E-state index is -0.536. The molecule has 1 heterocycles. The highest BCUT2D eigenvalue weighted by Gasteiger charge is 2.26. The normalized spacial score (nSPS) is 16.2. The van der Waals surface area contributed by atoms with Gasteiger partial charge in [0.15, 0.2) is 0 Å². The number of piperidine rings is 1. The van der Waals surface area contributed by atoms with Crippen molar-refractivity contribution >= 4 is 23.6 Å². The zero-order valence-electron chi connectivity index (χ0n) is 12.7. The first kappa shape index (κ1) is 16.8. The van der Waals surface area contributed by atoms with Crippen LogP contribution < -0.4 is 5.32 Å². The summed E-state index contributed by atoms with van der Waals surface area (Å²) in [6.07, 6.45) is 3.19. The van der Waals surface area contributed by atoms with Gasteiger partial charge in [-0.05, 0) is 43.5 Å². The molecule has 1 aromatic rings. The van der Waals surface area contributed by atoms with Gasteiger partial charge in [0.2, 0.25) is 11.8 Å². The molecule has 0 aliphatic carbocycles. The van der Waals surface area contributed by atoms with Crippen LogP contribution in [-0.4, -0.2) is 41.6 Å². The van der Waals surface area contributed by atoms with E-state index in [0.29, 0.717) is 5.75 Å². The van der Waals surface area contributed by atoms with Gasteiger partial charge in [-0.1, -0.05) is 0 Å². The van der Waals surface area contributed by atoms with E-state index in [2.05, 4.69) is 5.32 Å². The maximum absolute atomic E-state index is 12.9. The summed E-state index contributed by atoms with van der Waals surface area (Å²) in [4.78, 5) is 26.6. The number of hydrogen-bond donors (Lipinski definition) is 1. The second-order valence-electron chi connectivity index (χ2n) is 5.40. The third-order valence-corrected chi connectivity index (χ3v) is 4.68. The minimum absolute atomic E-state index is 0.0236. The predicted molar refractivity (Wildman–Crippen MR) is 85.2 cm³/mol. The van der Waals surface area contributed by atoms with Crippen molar-refractivity contribution in [2.75, 3.05) is 18.8 Å². The Bertz CT molecular complexity index is 515. The standard InChI is InChI=1S/C16H21FN2O2S/c1-12(20)18-15(16(21)19-9-3-2-4-10-19)11-22-14-7-5-13(17)6-8-14/h5-8,15H,2-4,9-11H2,1H3,(H,18,20). The molecule has 4 nitrogen and oxygen atoms in total. The van der Waals surface area contributed by atoms with Crippen LogP contribution in [0.3, 0.4) is 0 Å². The van der Waals surface area contributed by atoms with Crippen molar-refractivity contribution in [3.63, 3.8) is 0 Å². The summed E-state index contributed by atoms with van der Waals surface area (Å²) in [5.41, 5.74) is 0. The molecule has 1 N–H and O–H groups in total. The number of benzene rings is 1. The molecule has 1 unspecified atom stereocenters. The number of amides is 2. The maximum atomic E-state index is 12.9. The van der Waals surface area contributed by atoms with E-state index in [1.54, 1.807) is 12.1 Å². The van der Waals surface area contributed by atoms with E-state index < -0.39 is 6.04 Å². The van der Waals surface area contributed by atoms with Crippen LogP contribution in [0.5, 0.6) is 0 Å². The number of rotatable bonds is 5. The Morgan fingerprint density at radius 2 is 1.86 bits per heavy atom. The van der Waals surface area contributed by atoms with Crippen LogP contribution in [-0.2, 0) is 9.59 Å². The molecule has 0 spiro atoms. The number of nitrogens with zero attached hydrogens (tertiary/aromatic N) is 1. The number of nitrogens with one attached hydrogen (secondary N) is 1. The van der Waals surface area contributed by atoms with Gasteiger partial charge >= 0.3 is 0 Å². The van der Waals surface area contributed by atoms with Gasteiger partial charge in [0.25, 0.3) is 0 Å². The van der Waals surface area contributed by atoms with Crippen molar-refractivity contribution in [1.82, 2.24) is 10.2 Å². The van der Waals surface area contributed by atoms with E-state index in [4.69, 9.17) is 0 Å². The molecule has 0 radical (unpaired) electrons. The first-order chi connectivity index (χ1) is 10.6. The lowest BCUT2D eigenvalue weighted by molar-refractivity contribution is -0.136. The molecule has 1 atom stereocenters. The van der Waals surface area contributed by atoms with E-state index >= 15 is 0 Å². The zero-order valence-corrected chi connectivity index (χ0v) is 13.5. The molecule has 1 aliphatic rings. The zero-order chi connectivity index (χ0) is 15.9. The topological polar surface area (TPSA) is 49.4 Å². The first-order valence-corrected chi connectivity index (χ1v) is 8.49. The molecule has 1 aliphatic heterocycles. The van der Waals surface area contributed by atoms with E-state index in [1.165, 1.54) is 30.8 Å². The number of hydrogen-bond acceptors (Lipinski definition) is 3. The van der Waals surface area contributed by atoms with Gasteiger partial charge in [0.05, 0.1) is 0 Å². The van der Waals surface area contributed by atoms with E-state index in [0.717, 1.165) is 37.2 Å². The lowest BCUT2D eigenvalue weighted by Crippen LogP contribution is -2.50. The fourth-order valence-electron chi connectivity index (χ4n) is 2.47. The SMILES string of the molecule is CC(=O)NC(CSc1ccc(F)cc1)C(=O)N1CCCCC1. The fourth-order valence-corrected chi connectivity index (χ4v) is 3.38. The van der Waals surface area contributed by atoms with Gasteiger partial charge in [-0.15, -0.1) is 11.8 Å². The van der Waals surface area contributed by atoms with Gasteiger partial charge < -0.3 is 10.2 Å². The Morgan fingerprint density at radius 1 is 1.23 bits per heavy atom. The van der Waals surface area contributed by atoms with Gasteiger partial charge in [0, 0.05) is 30.7 Å². The molecule has 0 bridgehead atoms. The summed E-state index contributed by atoms with van der Waals surface area (Å²) in [5, 5.41) is 2.73. The highest BCUT2D eigenvalue weighted by Crippen LogP contribution is 2.20. The summed E-state index contributed by atoms with van der Waals surface area (Å²) in [5.74, 6) is -0.0766. The van der Waals surface area contributed by atoms with Gasteiger partial charge in [-0.3, -0.25) is 9.59 Å². The van der Waals surface area contributed by atoms with Crippen molar-refractivity contribution in [2.45, 2.75) is 37.1 Å². The van der Waals surface area contributed by atoms with Crippen LogP contribution in [0.15, 0.2) is 29.2 Å². The molecule has 1 aromatic carbocycles. The molecule has 1 saturated heterocycles. The van der Waals surface area contributed by atoms with Crippen molar-refractivity contribution in [3.8, 4) is 0 Å². The Balaban J connectivity index is 1.97. The van der Waals surface area contributed by atoms with E-state index in [-0.39, 0.29) is 17.6 Å². The number of carbonyl (C=O) groups is 2. The Morgan fingerprint density at radius 3 is 2.45 bits per heavy atom. The first-order valence-electron chi connectivity index (χ1n) is 7.50. The molecule has 2 amide bonds. The van der Waals surface area contributed by atoms with Crippen LogP contribution in [0.25, 0.3) is 0 Å². The van der Waals surface area contributed by atoms with Crippen LogP contribution >= 0.6 is 11.8 Å². The van der Waals surface area contributed by atoms with Crippen LogP contribution in [0, 0.1) is 5.82 Å². The molecule has 120 valence electrons. The quantitative estimate of drug-likeness (QED) is 0.846. The molecule has 0 saturated carbocycles. The van der Waals surface area contributed by atoms with Crippen molar-refractivity contribution in [1.29, 1.82) is 0 Å². The van der Waals surface area contributed by atoms with Crippen LogP contribution in [0.1, 0.15) is 26.2 Å². The number of likely N-dealkylation sites (tertiary alicyclic amines) is 1. The fraction of sp³-hybridized carbons (Fsp3) is 0.500. The molecule has 0 aromatic heterocycles. The lowest BCUT2D eigenvalue weighted by Gasteiger charge is -2.30. The minimum Gasteiger partial charge on any atom is -0.344 e. The third kappa shape index (κ3) is 5.02. The molecule has 6 heteroatoms. The number of thioether (sulfide) groups is 1. The molecule has 22 heavy (non-hydrogen) atoms. The molecule has 2 rings (SSSR count). The molecular weight excluding hydrogens is 303 g/mol. The summed E-state index contributed by atoms with van der Waals surface area (Å²) in [7, 11) is 0. The smallest absolute Gasteiger partial charge is 0.246 e. The highest BCUT2D eigenvalue weighted by atomic mass is 32.2. The van der Waals surface area contributed by atoms with Crippen molar-refractivity contribution in [3.05, 3.63) is 30.1 Å². The van der Waals surface area contributed by atoms with E-state index in [1.807, 2.05) is 4.90 Å². The highest BCUT2D eigenvalue weighted by molar-refractivity contribution is 7.99. The number of carbonyl (C=O) groups excluding carboxylic acids is 2. The average molecular weight is 324 g/mol. The van der Waals surface area contributed by atoms with E-state index in [9.17, 15) is 14.0 Å². The Labute approximate surface area is 134 Å². The summed E-state index contributed by atoms with van der Waals surface area (Å²) < 4.78 is 12.9. The van der Waals surface area contributed by atoms with Crippen LogP contribution in [0.4, 0.5) is 4.39 Å². The largest absolute Gasteiger partial charge is 0.344 e. The van der Waals surface area contributed by atoms with Crippen molar-refractivity contribution in [2.24, 2.45) is 0 Å². The van der Waals surface area contributed by atoms with Gasteiger partial charge in [0.1, 0.15) is 11.9 Å². The maximum Gasteiger partial charge on any atom is 0.246 e. The monoisotopic (exact) mass is 324 g/mol. The summed E-state index contributed by atoms with van der Waals surface area (Å²) in [6.45, 7) is 2.94. The predicted octanol–water partition coefficient (Wildman–Crippen LogP) is 2.44. The van der Waals surface area contributed by atoms with Crippen LogP contribution in [0.2, 0.25) is 0 Å².